The molecule has 0 aromatic heterocycles. The summed E-state index contributed by atoms with van der Waals surface area (Å²) < 4.78 is 10.4. The second kappa shape index (κ2) is 10.7. The van der Waals surface area contributed by atoms with E-state index in [2.05, 4.69) is 5.32 Å². The molecule has 0 saturated heterocycles. The number of carbonyl (C=O) groups excluding carboxylic acids is 2. The quantitative estimate of drug-likeness (QED) is 0.493. The molecule has 7 nitrogen and oxygen atoms in total. The molecule has 0 amide bonds. The summed E-state index contributed by atoms with van der Waals surface area (Å²) in [4.78, 5) is 25.7. The van der Waals surface area contributed by atoms with E-state index in [1.54, 1.807) is 32.0 Å². The summed E-state index contributed by atoms with van der Waals surface area (Å²) in [5.41, 5.74) is 1.94. The number of nitrogens with one attached hydrogen (secondary N) is 1. The smallest absolute Gasteiger partial charge is 0.336 e. The fourth-order valence-electron chi connectivity index (χ4n) is 3.09. The van der Waals surface area contributed by atoms with Crippen molar-refractivity contribution in [2.45, 2.75) is 32.6 Å². The lowest BCUT2D eigenvalue weighted by Crippen LogP contribution is -2.32. The summed E-state index contributed by atoms with van der Waals surface area (Å²) in [5.74, 6) is -2.16. The number of benzene rings is 1. The van der Waals surface area contributed by atoms with E-state index >= 15 is 0 Å². The Morgan fingerprint density at radius 1 is 0.967 bits per heavy atom. The minimum atomic E-state index is -0.829. The molecule has 1 aliphatic heterocycles. The highest BCUT2D eigenvalue weighted by molar-refractivity contribution is 6.42. The molecule has 0 saturated carbocycles. The van der Waals surface area contributed by atoms with E-state index in [0.29, 0.717) is 22.0 Å². The van der Waals surface area contributed by atoms with E-state index in [-0.39, 0.29) is 42.2 Å². The van der Waals surface area contributed by atoms with E-state index in [1.807, 2.05) is 12.1 Å². The first-order chi connectivity index (χ1) is 14.3. The molecule has 0 aliphatic carbocycles. The van der Waals surface area contributed by atoms with E-state index in [0.717, 1.165) is 0 Å². The zero-order valence-corrected chi connectivity index (χ0v) is 17.9. The fourth-order valence-corrected chi connectivity index (χ4v) is 3.40. The molecule has 0 bridgehead atoms. The number of hydrogen-bond donors (Lipinski definition) is 1. The van der Waals surface area contributed by atoms with Gasteiger partial charge in [-0.25, -0.2) is 9.59 Å². The molecule has 0 spiro atoms. The number of nitrogens with zero attached hydrogens (tertiary/aromatic N) is 2. The molecular weight excluding hydrogens is 429 g/mol. The average Bonchev–Trinajstić information content (AvgIpc) is 2.69. The second-order valence-corrected chi connectivity index (χ2v) is 7.21. The molecule has 0 radical (unpaired) electrons. The Hall–Kier alpha value is -3.00. The molecule has 1 aromatic carbocycles. The van der Waals surface area contributed by atoms with Crippen molar-refractivity contribution in [2.75, 3.05) is 13.2 Å². The first-order valence-electron chi connectivity index (χ1n) is 9.03. The molecule has 1 heterocycles. The van der Waals surface area contributed by atoms with Gasteiger partial charge in [-0.05, 0) is 31.5 Å². The van der Waals surface area contributed by atoms with Crippen LogP contribution in [0.5, 0.6) is 0 Å². The zero-order valence-electron chi connectivity index (χ0n) is 16.4. The van der Waals surface area contributed by atoms with Gasteiger partial charge in [0.25, 0.3) is 0 Å². The molecule has 156 valence electrons. The van der Waals surface area contributed by atoms with Crippen molar-refractivity contribution in [1.29, 1.82) is 10.5 Å². The maximum absolute atomic E-state index is 12.8. The molecule has 1 N–H and O–H groups in total. The number of rotatable bonds is 7. The number of halogens is 2. The number of esters is 2. The zero-order chi connectivity index (χ0) is 22.3. The summed E-state index contributed by atoms with van der Waals surface area (Å²) in [6, 6.07) is 8.62. The number of dihydropyridines is 1. The third-order valence-electron chi connectivity index (χ3n) is 4.37. The Bertz CT molecular complexity index is 948. The van der Waals surface area contributed by atoms with Crippen molar-refractivity contribution < 1.29 is 19.1 Å². The summed E-state index contributed by atoms with van der Waals surface area (Å²) in [6.07, 6.45) is 0.0850. The summed E-state index contributed by atoms with van der Waals surface area (Å²) in [7, 11) is 0. The van der Waals surface area contributed by atoms with Gasteiger partial charge < -0.3 is 14.8 Å². The van der Waals surface area contributed by atoms with Crippen LogP contribution in [0, 0.1) is 22.7 Å². The van der Waals surface area contributed by atoms with Crippen LogP contribution in [0.15, 0.2) is 40.7 Å². The van der Waals surface area contributed by atoms with Gasteiger partial charge in [0.1, 0.15) is 13.2 Å². The highest BCUT2D eigenvalue weighted by atomic mass is 35.5. The van der Waals surface area contributed by atoms with E-state index in [1.165, 1.54) is 0 Å². The molecule has 0 atom stereocenters. The van der Waals surface area contributed by atoms with Crippen LogP contribution in [-0.4, -0.2) is 25.2 Å². The van der Waals surface area contributed by atoms with E-state index < -0.39 is 17.9 Å². The van der Waals surface area contributed by atoms with E-state index in [9.17, 15) is 9.59 Å². The number of carbonyl (C=O) groups is 2. The lowest BCUT2D eigenvalue weighted by molar-refractivity contribution is -0.139. The summed E-state index contributed by atoms with van der Waals surface area (Å²) in [6.45, 7) is 3.22. The Kier molecular flexibility index (Phi) is 8.29. The highest BCUT2D eigenvalue weighted by Gasteiger charge is 2.38. The fraction of sp³-hybridized carbons (Fsp3) is 0.333. The standard InChI is InChI=1S/C21H19Cl2N3O4/c1-12-17(20(27)29-9-3-7-24)19(14-5-6-15(22)16(23)11-14)18(13(2)26-12)21(28)30-10-4-8-25/h5-6,11,19,26H,3-4,9-10H2,1-2H3. The topological polar surface area (TPSA) is 112 Å². The third-order valence-corrected chi connectivity index (χ3v) is 5.11. The monoisotopic (exact) mass is 447 g/mol. The predicted molar refractivity (Wildman–Crippen MR) is 110 cm³/mol. The predicted octanol–water partition coefficient (Wildman–Crippen LogP) is 4.14. The van der Waals surface area contributed by atoms with Crippen LogP contribution in [0.25, 0.3) is 0 Å². The van der Waals surface area contributed by atoms with Gasteiger partial charge in [0.05, 0.1) is 52.1 Å². The maximum Gasteiger partial charge on any atom is 0.336 e. The van der Waals surface area contributed by atoms with Crippen molar-refractivity contribution in [3.8, 4) is 12.1 Å². The summed E-state index contributed by atoms with van der Waals surface area (Å²) in [5, 5.41) is 21.0. The molecule has 30 heavy (non-hydrogen) atoms. The van der Waals surface area contributed by atoms with Crippen molar-refractivity contribution in [2.24, 2.45) is 0 Å². The molecule has 9 heteroatoms. The first-order valence-corrected chi connectivity index (χ1v) is 9.79. The molecule has 1 aromatic rings. The van der Waals surface area contributed by atoms with Gasteiger partial charge in [-0.2, -0.15) is 10.5 Å². The van der Waals surface area contributed by atoms with Crippen LogP contribution in [0.2, 0.25) is 10.0 Å². The Morgan fingerprint density at radius 3 is 1.90 bits per heavy atom. The minimum Gasteiger partial charge on any atom is -0.461 e. The second-order valence-electron chi connectivity index (χ2n) is 6.40. The molecular formula is C21H19Cl2N3O4. The van der Waals surface area contributed by atoms with Gasteiger partial charge in [-0.15, -0.1) is 0 Å². The van der Waals surface area contributed by atoms with Crippen molar-refractivity contribution in [1.82, 2.24) is 5.32 Å². The number of nitriles is 2. The number of ether oxygens (including phenoxy) is 2. The van der Waals surface area contributed by atoms with Crippen LogP contribution in [-0.2, 0) is 19.1 Å². The van der Waals surface area contributed by atoms with Gasteiger partial charge in [0, 0.05) is 11.4 Å². The molecule has 2 rings (SSSR count). The van der Waals surface area contributed by atoms with Crippen LogP contribution < -0.4 is 5.32 Å². The lowest BCUT2D eigenvalue weighted by atomic mass is 9.80. The van der Waals surface area contributed by atoms with Crippen LogP contribution in [0.1, 0.15) is 38.2 Å². The van der Waals surface area contributed by atoms with Crippen LogP contribution >= 0.6 is 23.2 Å². The number of allylic oxidation sites excluding steroid dienone is 2. The average molecular weight is 448 g/mol. The highest BCUT2D eigenvalue weighted by Crippen LogP contribution is 2.40. The molecule has 0 fully saturated rings. The van der Waals surface area contributed by atoms with E-state index in [4.69, 9.17) is 43.2 Å². The van der Waals surface area contributed by atoms with Gasteiger partial charge in [0.2, 0.25) is 0 Å². The van der Waals surface area contributed by atoms with Crippen molar-refractivity contribution in [3.63, 3.8) is 0 Å². The number of hydrogen-bond acceptors (Lipinski definition) is 7. The maximum atomic E-state index is 12.8. The Balaban J connectivity index is 2.54. The van der Waals surface area contributed by atoms with Crippen molar-refractivity contribution in [3.05, 3.63) is 56.3 Å². The minimum absolute atomic E-state index is 0.0425. The SMILES string of the molecule is CC1=C(C(=O)OCCC#N)C(c2ccc(Cl)c(Cl)c2)C(C(=O)OCCC#N)=C(C)N1. The lowest BCUT2D eigenvalue weighted by Gasteiger charge is -2.30. The van der Waals surface area contributed by atoms with Crippen LogP contribution in [0.3, 0.4) is 0 Å². The van der Waals surface area contributed by atoms with Gasteiger partial charge in [-0.1, -0.05) is 29.3 Å². The van der Waals surface area contributed by atoms with Gasteiger partial charge >= 0.3 is 11.9 Å². The Morgan fingerprint density at radius 2 is 1.47 bits per heavy atom. The molecule has 0 unspecified atom stereocenters. The largest absolute Gasteiger partial charge is 0.461 e. The Labute approximate surface area is 184 Å². The normalized spacial score (nSPS) is 13.9. The first kappa shape index (κ1) is 23.3. The summed E-state index contributed by atoms with van der Waals surface area (Å²) >= 11 is 12.2. The van der Waals surface area contributed by atoms with Crippen LogP contribution in [0.4, 0.5) is 0 Å². The van der Waals surface area contributed by atoms with Crippen molar-refractivity contribution >= 4 is 35.1 Å². The van der Waals surface area contributed by atoms with Gasteiger partial charge in [-0.3, -0.25) is 0 Å². The van der Waals surface area contributed by atoms with Gasteiger partial charge in [0.15, 0.2) is 0 Å². The third kappa shape index (κ3) is 5.33. The molecule has 1 aliphatic rings.